The fraction of sp³-hybridized carbons (Fsp3) is 0.308. The SMILES string of the molecule is O=S(=O)(NCc1csc(N2CC(O)C2)n1)c1ccccc1. The molecule has 1 fully saturated rings. The van der Waals surface area contributed by atoms with Gasteiger partial charge in [-0.05, 0) is 12.1 Å². The highest BCUT2D eigenvalue weighted by Gasteiger charge is 2.26. The zero-order valence-corrected chi connectivity index (χ0v) is 12.8. The van der Waals surface area contributed by atoms with Crippen molar-refractivity contribution in [2.24, 2.45) is 0 Å². The van der Waals surface area contributed by atoms with Crippen LogP contribution < -0.4 is 9.62 Å². The van der Waals surface area contributed by atoms with E-state index < -0.39 is 10.0 Å². The summed E-state index contributed by atoms with van der Waals surface area (Å²) in [5, 5.41) is 11.9. The van der Waals surface area contributed by atoms with Gasteiger partial charge >= 0.3 is 0 Å². The molecule has 8 heteroatoms. The summed E-state index contributed by atoms with van der Waals surface area (Å²) < 4.78 is 26.7. The number of nitrogens with zero attached hydrogens (tertiary/aromatic N) is 2. The highest BCUT2D eigenvalue weighted by molar-refractivity contribution is 7.89. The molecule has 2 heterocycles. The van der Waals surface area contributed by atoms with Crippen molar-refractivity contribution in [3.63, 3.8) is 0 Å². The summed E-state index contributed by atoms with van der Waals surface area (Å²) in [5.41, 5.74) is 0.677. The van der Waals surface area contributed by atoms with Crippen LogP contribution in [0.5, 0.6) is 0 Å². The zero-order valence-electron chi connectivity index (χ0n) is 11.1. The van der Waals surface area contributed by atoms with Crippen LogP contribution in [0.2, 0.25) is 0 Å². The molecule has 112 valence electrons. The molecule has 21 heavy (non-hydrogen) atoms. The van der Waals surface area contributed by atoms with Crippen LogP contribution >= 0.6 is 11.3 Å². The second-order valence-electron chi connectivity index (χ2n) is 4.82. The Bertz CT molecular complexity index is 709. The van der Waals surface area contributed by atoms with Crippen molar-refractivity contribution in [3.8, 4) is 0 Å². The van der Waals surface area contributed by atoms with E-state index in [0.717, 1.165) is 5.13 Å². The second-order valence-corrected chi connectivity index (χ2v) is 7.42. The van der Waals surface area contributed by atoms with Crippen LogP contribution in [0.4, 0.5) is 5.13 Å². The highest BCUT2D eigenvalue weighted by atomic mass is 32.2. The molecule has 1 aliphatic rings. The van der Waals surface area contributed by atoms with Gasteiger partial charge in [0.1, 0.15) is 0 Å². The van der Waals surface area contributed by atoms with E-state index in [2.05, 4.69) is 9.71 Å². The Kier molecular flexibility index (Phi) is 3.94. The van der Waals surface area contributed by atoms with Crippen molar-refractivity contribution in [2.75, 3.05) is 18.0 Å². The molecule has 1 aliphatic heterocycles. The monoisotopic (exact) mass is 325 g/mol. The van der Waals surface area contributed by atoms with Crippen molar-refractivity contribution in [2.45, 2.75) is 17.5 Å². The summed E-state index contributed by atoms with van der Waals surface area (Å²) in [5.74, 6) is 0. The fourth-order valence-electron chi connectivity index (χ4n) is 1.99. The average molecular weight is 325 g/mol. The molecular weight excluding hydrogens is 310 g/mol. The third-order valence-electron chi connectivity index (χ3n) is 3.17. The number of benzene rings is 1. The van der Waals surface area contributed by atoms with Gasteiger partial charge < -0.3 is 10.0 Å². The Hall–Kier alpha value is -1.48. The van der Waals surface area contributed by atoms with Crippen LogP contribution in [-0.4, -0.2) is 37.7 Å². The van der Waals surface area contributed by atoms with Crippen molar-refractivity contribution in [1.82, 2.24) is 9.71 Å². The van der Waals surface area contributed by atoms with Gasteiger partial charge in [-0.1, -0.05) is 18.2 Å². The molecule has 0 spiro atoms. The van der Waals surface area contributed by atoms with Crippen LogP contribution in [0.3, 0.4) is 0 Å². The first-order valence-electron chi connectivity index (χ1n) is 6.47. The highest BCUT2D eigenvalue weighted by Crippen LogP contribution is 2.25. The maximum Gasteiger partial charge on any atom is 0.240 e. The number of rotatable bonds is 5. The molecule has 0 aliphatic carbocycles. The topological polar surface area (TPSA) is 82.5 Å². The lowest BCUT2D eigenvalue weighted by Gasteiger charge is -2.35. The summed E-state index contributed by atoms with van der Waals surface area (Å²) >= 11 is 1.45. The van der Waals surface area contributed by atoms with Gasteiger partial charge in [0.15, 0.2) is 5.13 Å². The molecule has 1 saturated heterocycles. The lowest BCUT2D eigenvalue weighted by Crippen LogP contribution is -2.50. The van der Waals surface area contributed by atoms with Gasteiger partial charge in [0.25, 0.3) is 0 Å². The Morgan fingerprint density at radius 1 is 1.33 bits per heavy atom. The quantitative estimate of drug-likeness (QED) is 0.850. The predicted molar refractivity (Wildman–Crippen MR) is 80.8 cm³/mol. The second kappa shape index (κ2) is 5.72. The van der Waals surface area contributed by atoms with E-state index in [0.29, 0.717) is 18.8 Å². The van der Waals surface area contributed by atoms with E-state index in [-0.39, 0.29) is 17.5 Å². The minimum atomic E-state index is -3.51. The number of aliphatic hydroxyl groups is 1. The van der Waals surface area contributed by atoms with Crippen molar-refractivity contribution >= 4 is 26.5 Å². The van der Waals surface area contributed by atoms with Gasteiger partial charge in [-0.3, -0.25) is 0 Å². The van der Waals surface area contributed by atoms with E-state index >= 15 is 0 Å². The van der Waals surface area contributed by atoms with Crippen molar-refractivity contribution < 1.29 is 13.5 Å². The van der Waals surface area contributed by atoms with Gasteiger partial charge in [0.2, 0.25) is 10.0 Å². The summed E-state index contributed by atoms with van der Waals surface area (Å²) in [4.78, 5) is 6.57. The molecule has 3 rings (SSSR count). The zero-order chi connectivity index (χ0) is 14.9. The van der Waals surface area contributed by atoms with Gasteiger partial charge in [-0.2, -0.15) is 0 Å². The van der Waals surface area contributed by atoms with Crippen molar-refractivity contribution in [3.05, 3.63) is 41.4 Å². The molecule has 0 saturated carbocycles. The Morgan fingerprint density at radius 3 is 2.71 bits per heavy atom. The number of anilines is 1. The average Bonchev–Trinajstić information content (AvgIpc) is 2.91. The van der Waals surface area contributed by atoms with Crippen LogP contribution in [0.15, 0.2) is 40.6 Å². The molecule has 2 N–H and O–H groups in total. The van der Waals surface area contributed by atoms with Crippen molar-refractivity contribution in [1.29, 1.82) is 0 Å². The minimum absolute atomic E-state index is 0.157. The number of hydrogen-bond donors (Lipinski definition) is 2. The standard InChI is InChI=1S/C13H15N3O3S2/c17-11-7-16(8-11)13-15-10(9-20-13)6-14-21(18,19)12-4-2-1-3-5-12/h1-5,9,11,14,17H,6-8H2. The predicted octanol–water partition coefficient (Wildman–Crippen LogP) is 0.802. The third kappa shape index (κ3) is 3.24. The fourth-order valence-corrected chi connectivity index (χ4v) is 3.85. The third-order valence-corrected chi connectivity index (χ3v) is 5.54. The van der Waals surface area contributed by atoms with Crippen LogP contribution in [0.25, 0.3) is 0 Å². The molecule has 0 atom stereocenters. The number of aromatic nitrogens is 1. The molecular formula is C13H15N3O3S2. The molecule has 0 radical (unpaired) electrons. The largest absolute Gasteiger partial charge is 0.389 e. The van der Waals surface area contributed by atoms with Crippen LogP contribution in [-0.2, 0) is 16.6 Å². The summed E-state index contributed by atoms with van der Waals surface area (Å²) in [7, 11) is -3.51. The van der Waals surface area contributed by atoms with E-state index in [1.807, 2.05) is 10.3 Å². The van der Waals surface area contributed by atoms with Gasteiger partial charge in [0.05, 0.1) is 23.2 Å². The molecule has 0 bridgehead atoms. The Balaban J connectivity index is 1.63. The normalized spacial score (nSPS) is 16.0. The van der Waals surface area contributed by atoms with E-state index in [1.54, 1.807) is 30.3 Å². The Labute approximate surface area is 127 Å². The smallest absolute Gasteiger partial charge is 0.240 e. The van der Waals surface area contributed by atoms with Crippen LogP contribution in [0, 0.1) is 0 Å². The number of nitrogens with one attached hydrogen (secondary N) is 1. The molecule has 6 nitrogen and oxygen atoms in total. The number of β-amino-alcohol motifs (C(OH)–C–C–N with tert-alkyl or cyclic N) is 1. The molecule has 1 aromatic carbocycles. The molecule has 1 aromatic heterocycles. The van der Waals surface area contributed by atoms with E-state index in [1.165, 1.54) is 11.3 Å². The first kappa shape index (κ1) is 14.5. The number of aliphatic hydroxyl groups excluding tert-OH is 1. The van der Waals surface area contributed by atoms with E-state index in [4.69, 9.17) is 0 Å². The van der Waals surface area contributed by atoms with Gasteiger partial charge in [0, 0.05) is 18.5 Å². The molecule has 2 aromatic rings. The molecule has 0 amide bonds. The number of hydrogen-bond acceptors (Lipinski definition) is 6. The lowest BCUT2D eigenvalue weighted by atomic mass is 10.2. The summed E-state index contributed by atoms with van der Waals surface area (Å²) in [6, 6.07) is 8.25. The maximum absolute atomic E-state index is 12.1. The van der Waals surface area contributed by atoms with Gasteiger partial charge in [-0.25, -0.2) is 18.1 Å². The minimum Gasteiger partial charge on any atom is -0.389 e. The van der Waals surface area contributed by atoms with E-state index in [9.17, 15) is 13.5 Å². The van der Waals surface area contributed by atoms with Gasteiger partial charge in [-0.15, -0.1) is 11.3 Å². The molecule has 0 unspecified atom stereocenters. The number of sulfonamides is 1. The van der Waals surface area contributed by atoms with Crippen LogP contribution in [0.1, 0.15) is 5.69 Å². The first-order valence-corrected chi connectivity index (χ1v) is 8.83. The summed E-state index contributed by atoms with van der Waals surface area (Å²) in [6.45, 7) is 1.33. The Morgan fingerprint density at radius 2 is 2.05 bits per heavy atom. The first-order chi connectivity index (χ1) is 10.0. The summed E-state index contributed by atoms with van der Waals surface area (Å²) in [6.07, 6.45) is -0.283. The lowest BCUT2D eigenvalue weighted by molar-refractivity contribution is 0.142. The number of thiazole rings is 1. The maximum atomic E-state index is 12.1.